The van der Waals surface area contributed by atoms with E-state index in [1.807, 2.05) is 54.6 Å². The van der Waals surface area contributed by atoms with Crippen molar-refractivity contribution in [1.29, 1.82) is 0 Å². The van der Waals surface area contributed by atoms with E-state index in [0.29, 0.717) is 24.7 Å². The van der Waals surface area contributed by atoms with Gasteiger partial charge in [0, 0.05) is 17.3 Å². The Bertz CT molecular complexity index is 1660. The summed E-state index contributed by atoms with van der Waals surface area (Å²) in [5.74, 6) is 1.10. The van der Waals surface area contributed by atoms with Crippen molar-refractivity contribution in [2.24, 2.45) is 0 Å². The number of nitrogens with one attached hydrogen (secondary N) is 1. The van der Waals surface area contributed by atoms with E-state index in [1.165, 1.54) is 0 Å². The van der Waals surface area contributed by atoms with Crippen LogP contribution in [0.1, 0.15) is 15.9 Å². The normalized spacial score (nSPS) is 11.4. The van der Waals surface area contributed by atoms with Crippen molar-refractivity contribution in [2.75, 3.05) is 32.7 Å². The molecular formula is C32H28N2O5. The molecule has 5 rings (SSSR count). The molecule has 0 radical (unpaired) electrons. The van der Waals surface area contributed by atoms with E-state index in [9.17, 15) is 9.90 Å². The van der Waals surface area contributed by atoms with Crippen LogP contribution in [-0.2, 0) is 0 Å². The lowest BCUT2D eigenvalue weighted by Crippen LogP contribution is -2.12. The predicted molar refractivity (Wildman–Crippen MR) is 154 cm³/mol. The second-order valence-electron chi connectivity index (χ2n) is 8.94. The lowest BCUT2D eigenvalue weighted by atomic mass is 10.1. The summed E-state index contributed by atoms with van der Waals surface area (Å²) in [6.07, 6.45) is 3.78. The fourth-order valence-electron chi connectivity index (χ4n) is 4.43. The van der Waals surface area contributed by atoms with Gasteiger partial charge in [0.15, 0.2) is 11.5 Å². The molecule has 4 aromatic carbocycles. The molecule has 0 aliphatic heterocycles. The molecule has 0 saturated carbocycles. The number of rotatable bonds is 10. The van der Waals surface area contributed by atoms with Gasteiger partial charge in [-0.25, -0.2) is 4.79 Å². The monoisotopic (exact) mass is 520 g/mol. The molecule has 0 bridgehead atoms. The molecule has 0 fully saturated rings. The van der Waals surface area contributed by atoms with Gasteiger partial charge in [-0.1, -0.05) is 54.6 Å². The largest absolute Gasteiger partial charge is 0.493 e. The van der Waals surface area contributed by atoms with E-state index < -0.39 is 5.97 Å². The van der Waals surface area contributed by atoms with E-state index in [2.05, 4.69) is 22.4 Å². The number of fused-ring (bicyclic) bond motifs is 2. The van der Waals surface area contributed by atoms with Crippen LogP contribution in [0.2, 0.25) is 0 Å². The highest BCUT2D eigenvalue weighted by molar-refractivity contribution is 5.90. The zero-order valence-corrected chi connectivity index (χ0v) is 21.7. The molecule has 196 valence electrons. The van der Waals surface area contributed by atoms with Gasteiger partial charge in [0.05, 0.1) is 37.2 Å². The molecule has 0 amide bonds. The SMILES string of the molecule is COc1ccc2ncc(NCC(=Cc3ccc(C(=O)O)cc3)COc3cccc4ccccc34)cc2c1OC. The molecular weight excluding hydrogens is 492 g/mol. The number of carboxylic acid groups (broad SMARTS) is 1. The molecule has 39 heavy (non-hydrogen) atoms. The van der Waals surface area contributed by atoms with Crippen LogP contribution in [0.4, 0.5) is 5.69 Å². The van der Waals surface area contributed by atoms with Crippen molar-refractivity contribution in [3.05, 3.63) is 108 Å². The van der Waals surface area contributed by atoms with Gasteiger partial charge < -0.3 is 24.6 Å². The van der Waals surface area contributed by atoms with Crippen molar-refractivity contribution in [2.45, 2.75) is 0 Å². The molecule has 0 saturated heterocycles. The Balaban J connectivity index is 1.42. The number of hydrogen-bond acceptors (Lipinski definition) is 6. The molecule has 7 nitrogen and oxygen atoms in total. The Morgan fingerprint density at radius 2 is 1.69 bits per heavy atom. The number of carbonyl (C=O) groups is 1. The quantitative estimate of drug-likeness (QED) is 0.212. The maximum atomic E-state index is 11.3. The van der Waals surface area contributed by atoms with Gasteiger partial charge in [0.25, 0.3) is 0 Å². The second-order valence-corrected chi connectivity index (χ2v) is 8.94. The predicted octanol–water partition coefficient (Wildman–Crippen LogP) is 6.68. The summed E-state index contributed by atoms with van der Waals surface area (Å²) in [5, 5.41) is 15.7. The van der Waals surface area contributed by atoms with Crippen LogP contribution >= 0.6 is 0 Å². The summed E-state index contributed by atoms with van der Waals surface area (Å²) in [6, 6.07) is 26.6. The maximum absolute atomic E-state index is 11.3. The Kier molecular flexibility index (Phi) is 7.59. The van der Waals surface area contributed by atoms with Crippen LogP contribution in [0.5, 0.6) is 17.2 Å². The molecule has 1 heterocycles. The molecule has 2 N–H and O–H groups in total. The third kappa shape index (κ3) is 5.78. The number of carboxylic acids is 1. The minimum atomic E-state index is -0.956. The van der Waals surface area contributed by atoms with Crippen LogP contribution in [-0.4, -0.2) is 43.4 Å². The number of methoxy groups -OCH3 is 2. The fraction of sp³-hybridized carbons (Fsp3) is 0.125. The average molecular weight is 521 g/mol. The van der Waals surface area contributed by atoms with Crippen LogP contribution in [0, 0.1) is 0 Å². The number of benzene rings is 4. The maximum Gasteiger partial charge on any atom is 0.335 e. The number of ether oxygens (including phenoxy) is 3. The van der Waals surface area contributed by atoms with E-state index in [1.54, 1.807) is 44.7 Å². The van der Waals surface area contributed by atoms with E-state index in [0.717, 1.165) is 44.2 Å². The highest BCUT2D eigenvalue weighted by Crippen LogP contribution is 2.35. The molecule has 7 heteroatoms. The number of anilines is 1. The highest BCUT2D eigenvalue weighted by atomic mass is 16.5. The number of pyridine rings is 1. The standard InChI is InChI=1S/C32H28N2O5/c1-37-30-15-14-28-27(31(30)38-2)17-25(19-34-28)33-18-22(16-21-10-12-24(13-11-21)32(35)36)20-39-29-9-5-7-23-6-3-4-8-26(23)29/h3-17,19,33H,18,20H2,1-2H3,(H,35,36). The number of aromatic nitrogens is 1. The summed E-state index contributed by atoms with van der Waals surface area (Å²) >= 11 is 0. The summed E-state index contributed by atoms with van der Waals surface area (Å²) in [7, 11) is 3.22. The molecule has 0 atom stereocenters. The first-order valence-electron chi connectivity index (χ1n) is 12.4. The highest BCUT2D eigenvalue weighted by Gasteiger charge is 2.11. The molecule has 0 unspecified atom stereocenters. The van der Waals surface area contributed by atoms with Gasteiger partial charge in [-0.05, 0) is 52.9 Å². The topological polar surface area (TPSA) is 89.9 Å². The van der Waals surface area contributed by atoms with Crippen LogP contribution in [0.25, 0.3) is 27.8 Å². The van der Waals surface area contributed by atoms with E-state index in [-0.39, 0.29) is 5.56 Å². The molecule has 1 aromatic heterocycles. The van der Waals surface area contributed by atoms with Gasteiger partial charge in [-0.3, -0.25) is 4.98 Å². The molecule has 0 aliphatic rings. The minimum absolute atomic E-state index is 0.241. The first kappa shape index (κ1) is 25.6. The zero-order valence-electron chi connectivity index (χ0n) is 21.7. The first-order chi connectivity index (χ1) is 19.1. The molecule has 5 aromatic rings. The lowest BCUT2D eigenvalue weighted by molar-refractivity contribution is 0.0697. The van der Waals surface area contributed by atoms with Crippen LogP contribution in [0.15, 0.2) is 96.7 Å². The van der Waals surface area contributed by atoms with E-state index in [4.69, 9.17) is 14.2 Å². The first-order valence-corrected chi connectivity index (χ1v) is 12.4. The summed E-state index contributed by atoms with van der Waals surface area (Å²) in [5.41, 5.74) is 3.69. The Morgan fingerprint density at radius 1 is 0.897 bits per heavy atom. The van der Waals surface area contributed by atoms with Gasteiger partial charge in [0.1, 0.15) is 12.4 Å². The third-order valence-corrected chi connectivity index (χ3v) is 6.41. The third-order valence-electron chi connectivity index (χ3n) is 6.41. The summed E-state index contributed by atoms with van der Waals surface area (Å²) < 4.78 is 17.3. The number of hydrogen-bond donors (Lipinski definition) is 2. The summed E-state index contributed by atoms with van der Waals surface area (Å²) in [4.78, 5) is 15.8. The fourth-order valence-corrected chi connectivity index (χ4v) is 4.43. The lowest BCUT2D eigenvalue weighted by Gasteiger charge is -2.15. The summed E-state index contributed by atoms with van der Waals surface area (Å²) in [6.45, 7) is 0.810. The van der Waals surface area contributed by atoms with E-state index >= 15 is 0 Å². The molecule has 0 spiro atoms. The van der Waals surface area contributed by atoms with Gasteiger partial charge >= 0.3 is 5.97 Å². The second kappa shape index (κ2) is 11.6. The molecule has 0 aliphatic carbocycles. The average Bonchev–Trinajstić information content (AvgIpc) is 2.97. The Labute approximate surface area is 226 Å². The Morgan fingerprint density at radius 3 is 2.46 bits per heavy atom. The van der Waals surface area contributed by atoms with Crippen LogP contribution in [0.3, 0.4) is 0 Å². The smallest absolute Gasteiger partial charge is 0.335 e. The Hall–Kier alpha value is -5.04. The van der Waals surface area contributed by atoms with Gasteiger partial charge in [-0.2, -0.15) is 0 Å². The van der Waals surface area contributed by atoms with Crippen molar-refractivity contribution < 1.29 is 24.1 Å². The van der Waals surface area contributed by atoms with Crippen molar-refractivity contribution >= 4 is 39.4 Å². The van der Waals surface area contributed by atoms with Crippen LogP contribution < -0.4 is 19.5 Å². The zero-order chi connectivity index (χ0) is 27.2. The number of aromatic carboxylic acids is 1. The number of nitrogens with zero attached hydrogens (tertiary/aromatic N) is 1. The van der Waals surface area contributed by atoms with Gasteiger partial charge in [0.2, 0.25) is 0 Å². The van der Waals surface area contributed by atoms with Crippen molar-refractivity contribution in [1.82, 2.24) is 4.98 Å². The minimum Gasteiger partial charge on any atom is -0.493 e. The van der Waals surface area contributed by atoms with Gasteiger partial charge in [-0.15, -0.1) is 0 Å². The van der Waals surface area contributed by atoms with Crippen molar-refractivity contribution in [3.63, 3.8) is 0 Å². The van der Waals surface area contributed by atoms with Crippen molar-refractivity contribution in [3.8, 4) is 17.2 Å².